The number of fused-ring (bicyclic) bond motifs is 6. The number of para-hydroxylation sites is 2. The minimum atomic E-state index is -4.71. The summed E-state index contributed by atoms with van der Waals surface area (Å²) in [5.74, 6) is 3.39. The SMILES string of the molecule is Cc1nc(C)nc(-c2ccc3c(c2)c2ccccc2n3-c2cc(C#N)cc(-n3c4ccccc4c4cc(-c5nc(C)nc(C)n5)ccc43)c2-c2c(C)cccc2C(F)(F)F)n1. The lowest BCUT2D eigenvalue weighted by Crippen LogP contribution is -2.12. The van der Waals surface area contributed by atoms with Crippen LogP contribution in [-0.2, 0) is 6.18 Å². The van der Waals surface area contributed by atoms with Gasteiger partial charge in [0.1, 0.15) is 23.3 Å². The van der Waals surface area contributed by atoms with Crippen molar-refractivity contribution in [3.05, 3.63) is 155 Å². The van der Waals surface area contributed by atoms with E-state index in [1.807, 2.05) is 122 Å². The molecule has 0 N–H and O–H groups in total. The van der Waals surface area contributed by atoms with Gasteiger partial charge in [0, 0.05) is 43.8 Å². The van der Waals surface area contributed by atoms with Gasteiger partial charge in [-0.25, -0.2) is 29.9 Å². The minimum absolute atomic E-state index is 0.0156. The Morgan fingerprint density at radius 1 is 0.475 bits per heavy atom. The monoisotopic (exact) mass is 805 g/mol. The fourth-order valence-corrected chi connectivity index (χ4v) is 8.75. The highest BCUT2D eigenvalue weighted by Crippen LogP contribution is 2.48. The van der Waals surface area contributed by atoms with Crippen molar-refractivity contribution in [3.8, 4) is 51.3 Å². The molecular formula is C49H34F3N9. The second kappa shape index (κ2) is 13.9. The average Bonchev–Trinajstić information content (AvgIpc) is 3.74. The third kappa shape index (κ3) is 6.16. The first-order chi connectivity index (χ1) is 29.4. The summed E-state index contributed by atoms with van der Waals surface area (Å²) < 4.78 is 50.3. The molecular weight excluding hydrogens is 772 g/mol. The van der Waals surface area contributed by atoms with Crippen LogP contribution in [0.15, 0.2) is 115 Å². The van der Waals surface area contributed by atoms with E-state index in [1.165, 1.54) is 6.07 Å². The van der Waals surface area contributed by atoms with Crippen LogP contribution in [0.4, 0.5) is 13.2 Å². The minimum Gasteiger partial charge on any atom is -0.308 e. The first kappa shape index (κ1) is 37.5. The Kier molecular flexibility index (Phi) is 8.55. The molecule has 0 atom stereocenters. The van der Waals surface area contributed by atoms with Crippen LogP contribution in [0.25, 0.3) is 88.9 Å². The summed E-state index contributed by atoms with van der Waals surface area (Å²) in [7, 11) is 0. The molecule has 10 rings (SSSR count). The highest BCUT2D eigenvalue weighted by atomic mass is 19.4. The van der Waals surface area contributed by atoms with Crippen molar-refractivity contribution < 1.29 is 13.2 Å². The van der Waals surface area contributed by atoms with E-state index in [0.29, 0.717) is 57.4 Å². The summed E-state index contributed by atoms with van der Waals surface area (Å²) in [4.78, 5) is 27.1. The van der Waals surface area contributed by atoms with Crippen molar-refractivity contribution in [1.82, 2.24) is 39.0 Å². The first-order valence-electron chi connectivity index (χ1n) is 19.6. The third-order valence-corrected chi connectivity index (χ3v) is 11.1. The molecule has 0 aliphatic carbocycles. The zero-order valence-electron chi connectivity index (χ0n) is 33.6. The van der Waals surface area contributed by atoms with Gasteiger partial charge in [0.05, 0.1) is 50.6 Å². The molecule has 296 valence electrons. The molecule has 6 aromatic carbocycles. The third-order valence-electron chi connectivity index (χ3n) is 11.1. The number of nitriles is 1. The highest BCUT2D eigenvalue weighted by molar-refractivity contribution is 6.13. The van der Waals surface area contributed by atoms with E-state index in [1.54, 1.807) is 25.1 Å². The number of hydrogen-bond acceptors (Lipinski definition) is 7. The van der Waals surface area contributed by atoms with Crippen molar-refractivity contribution in [2.24, 2.45) is 0 Å². The number of hydrogen-bond donors (Lipinski definition) is 0. The van der Waals surface area contributed by atoms with Gasteiger partial charge in [-0.15, -0.1) is 0 Å². The van der Waals surface area contributed by atoms with E-state index >= 15 is 13.2 Å². The van der Waals surface area contributed by atoms with Gasteiger partial charge in [0.15, 0.2) is 11.6 Å². The molecule has 0 aliphatic heterocycles. The molecule has 10 aromatic rings. The van der Waals surface area contributed by atoms with Crippen LogP contribution in [0, 0.1) is 45.9 Å². The topological polar surface area (TPSA) is 111 Å². The number of halogens is 3. The molecule has 0 radical (unpaired) electrons. The predicted molar refractivity (Wildman–Crippen MR) is 232 cm³/mol. The lowest BCUT2D eigenvalue weighted by molar-refractivity contribution is -0.137. The Morgan fingerprint density at radius 2 is 0.918 bits per heavy atom. The molecule has 0 bridgehead atoms. The predicted octanol–water partition coefficient (Wildman–Crippen LogP) is 11.7. The lowest BCUT2D eigenvalue weighted by atomic mass is 9.90. The Labute approximate surface area is 347 Å². The first-order valence-corrected chi connectivity index (χ1v) is 19.6. The van der Waals surface area contributed by atoms with Crippen molar-refractivity contribution in [2.75, 3.05) is 0 Å². The van der Waals surface area contributed by atoms with Crippen molar-refractivity contribution in [2.45, 2.75) is 40.8 Å². The van der Waals surface area contributed by atoms with Gasteiger partial charge >= 0.3 is 6.18 Å². The Balaban J connectivity index is 1.35. The second-order valence-corrected chi connectivity index (χ2v) is 15.2. The van der Waals surface area contributed by atoms with Gasteiger partial charge in [-0.05, 0) is 107 Å². The summed E-state index contributed by atoms with van der Waals surface area (Å²) in [5.41, 5.74) is 5.55. The van der Waals surface area contributed by atoms with Crippen LogP contribution in [0.1, 0.15) is 40.0 Å². The molecule has 0 saturated carbocycles. The fourth-order valence-electron chi connectivity index (χ4n) is 8.75. The summed E-state index contributed by atoms with van der Waals surface area (Å²) in [5, 5.41) is 14.2. The molecule has 0 aliphatic rings. The molecule has 0 unspecified atom stereocenters. The summed E-state index contributed by atoms with van der Waals surface area (Å²) in [6.07, 6.45) is -4.71. The normalized spacial score (nSPS) is 11.9. The Bertz CT molecular complexity index is 3270. The molecule has 0 spiro atoms. The zero-order valence-corrected chi connectivity index (χ0v) is 33.6. The number of benzene rings is 6. The maximum Gasteiger partial charge on any atom is 0.417 e. The van der Waals surface area contributed by atoms with E-state index in [2.05, 4.69) is 36.0 Å². The molecule has 4 heterocycles. The maximum atomic E-state index is 15.4. The van der Waals surface area contributed by atoms with Gasteiger partial charge in [-0.1, -0.05) is 48.5 Å². The van der Waals surface area contributed by atoms with Crippen LogP contribution in [0.2, 0.25) is 0 Å². The number of rotatable bonds is 5. The molecule has 12 heteroatoms. The Morgan fingerprint density at radius 3 is 1.36 bits per heavy atom. The van der Waals surface area contributed by atoms with Crippen LogP contribution < -0.4 is 0 Å². The van der Waals surface area contributed by atoms with Gasteiger partial charge in [-0.2, -0.15) is 18.4 Å². The van der Waals surface area contributed by atoms with Gasteiger partial charge < -0.3 is 9.13 Å². The van der Waals surface area contributed by atoms with Crippen molar-refractivity contribution >= 4 is 43.6 Å². The fraction of sp³-hybridized carbons (Fsp3) is 0.122. The van der Waals surface area contributed by atoms with E-state index in [0.717, 1.165) is 60.8 Å². The Hall–Kier alpha value is -7.78. The molecule has 9 nitrogen and oxygen atoms in total. The zero-order chi connectivity index (χ0) is 42.3. The molecule has 0 amide bonds. The van der Waals surface area contributed by atoms with Gasteiger partial charge in [0.2, 0.25) is 0 Å². The maximum absolute atomic E-state index is 15.4. The van der Waals surface area contributed by atoms with Gasteiger partial charge in [0.25, 0.3) is 0 Å². The van der Waals surface area contributed by atoms with Crippen LogP contribution in [0.3, 0.4) is 0 Å². The summed E-state index contributed by atoms with van der Waals surface area (Å²) in [6, 6.07) is 37.3. The summed E-state index contributed by atoms with van der Waals surface area (Å²) >= 11 is 0. The molecule has 0 saturated heterocycles. The standard InChI is InChI=1S/C49H34F3N9/c1-26-11-10-14-38(49(50,51)52)45(26)46-43(60-39-15-8-6-12-34(39)36-23-32(17-19-41(36)60)47-56-27(2)54-28(3)57-47)21-31(25-53)22-44(46)61-40-16-9-7-13-35(40)37-24-33(18-20-42(37)61)48-58-29(4)55-30(5)59-48/h6-24H,1-5H3. The second-order valence-electron chi connectivity index (χ2n) is 15.2. The number of aryl methyl sites for hydroxylation is 5. The van der Waals surface area contributed by atoms with Gasteiger partial charge in [-0.3, -0.25) is 0 Å². The molecule has 0 fully saturated rings. The van der Waals surface area contributed by atoms with Crippen molar-refractivity contribution in [3.63, 3.8) is 0 Å². The summed E-state index contributed by atoms with van der Waals surface area (Å²) in [6.45, 7) is 8.97. The van der Waals surface area contributed by atoms with Crippen LogP contribution in [-0.4, -0.2) is 39.0 Å². The quantitative estimate of drug-likeness (QED) is 0.170. The molecule has 61 heavy (non-hydrogen) atoms. The average molecular weight is 806 g/mol. The smallest absolute Gasteiger partial charge is 0.308 e. The van der Waals surface area contributed by atoms with E-state index in [-0.39, 0.29) is 11.1 Å². The number of nitrogens with zero attached hydrogens (tertiary/aromatic N) is 9. The van der Waals surface area contributed by atoms with Crippen molar-refractivity contribution in [1.29, 1.82) is 5.26 Å². The number of aromatic nitrogens is 8. The lowest BCUT2D eigenvalue weighted by Gasteiger charge is -2.24. The van der Waals surface area contributed by atoms with E-state index in [4.69, 9.17) is 0 Å². The van der Waals surface area contributed by atoms with Crippen LogP contribution in [0.5, 0.6) is 0 Å². The van der Waals surface area contributed by atoms with E-state index in [9.17, 15) is 5.26 Å². The number of alkyl halides is 3. The van der Waals surface area contributed by atoms with Crippen LogP contribution >= 0.6 is 0 Å². The molecule has 4 aromatic heterocycles. The van der Waals surface area contributed by atoms with E-state index < -0.39 is 11.7 Å². The highest BCUT2D eigenvalue weighted by Gasteiger charge is 2.36. The largest absolute Gasteiger partial charge is 0.417 e.